The zero-order valence-electron chi connectivity index (χ0n) is 12.6. The second-order valence-corrected chi connectivity index (χ2v) is 7.53. The van der Waals surface area contributed by atoms with Crippen molar-refractivity contribution in [2.45, 2.75) is 24.9 Å². The molecule has 2 aromatic heterocycles. The normalized spacial score (nSPS) is 18.7. The van der Waals surface area contributed by atoms with Gasteiger partial charge in [-0.3, -0.25) is 4.79 Å². The van der Waals surface area contributed by atoms with Crippen molar-refractivity contribution in [1.82, 2.24) is 5.32 Å². The van der Waals surface area contributed by atoms with E-state index >= 15 is 0 Å². The molecule has 0 radical (unpaired) electrons. The SMILES string of the molecule is N#Cc1sccc1N1CC[C@H](N[C@@H](Cc2cccs2)C(N)=O)C1. The number of hydrogen-bond donors (Lipinski definition) is 2. The first-order valence-electron chi connectivity index (χ1n) is 7.47. The number of nitrogens with one attached hydrogen (secondary N) is 1. The van der Waals surface area contributed by atoms with Crippen LogP contribution >= 0.6 is 22.7 Å². The van der Waals surface area contributed by atoms with Crippen LogP contribution in [0.5, 0.6) is 0 Å². The summed E-state index contributed by atoms with van der Waals surface area (Å²) in [5.41, 5.74) is 6.55. The van der Waals surface area contributed by atoms with Gasteiger partial charge in [-0.25, -0.2) is 0 Å². The average molecular weight is 346 g/mol. The zero-order chi connectivity index (χ0) is 16.2. The molecule has 1 saturated heterocycles. The van der Waals surface area contributed by atoms with Gasteiger partial charge in [-0.15, -0.1) is 22.7 Å². The molecule has 120 valence electrons. The molecule has 0 saturated carbocycles. The summed E-state index contributed by atoms with van der Waals surface area (Å²) in [5.74, 6) is -0.315. The summed E-state index contributed by atoms with van der Waals surface area (Å²) in [6.45, 7) is 1.67. The van der Waals surface area contributed by atoms with Crippen LogP contribution in [0.4, 0.5) is 5.69 Å². The first-order chi connectivity index (χ1) is 11.2. The molecule has 3 rings (SSSR count). The van der Waals surface area contributed by atoms with Crippen molar-refractivity contribution in [3.63, 3.8) is 0 Å². The summed E-state index contributed by atoms with van der Waals surface area (Å²) in [4.78, 5) is 15.8. The van der Waals surface area contributed by atoms with Gasteiger partial charge in [-0.05, 0) is 29.3 Å². The highest BCUT2D eigenvalue weighted by molar-refractivity contribution is 7.11. The molecule has 2 atom stereocenters. The second-order valence-electron chi connectivity index (χ2n) is 5.58. The molecule has 1 fully saturated rings. The fraction of sp³-hybridized carbons (Fsp3) is 0.375. The van der Waals surface area contributed by atoms with Gasteiger partial charge in [0.15, 0.2) is 0 Å². The predicted molar refractivity (Wildman–Crippen MR) is 93.8 cm³/mol. The number of rotatable bonds is 6. The monoisotopic (exact) mass is 346 g/mol. The number of thiophene rings is 2. The lowest BCUT2D eigenvalue weighted by atomic mass is 10.1. The van der Waals surface area contributed by atoms with E-state index in [-0.39, 0.29) is 18.0 Å². The van der Waals surface area contributed by atoms with Crippen LogP contribution in [-0.2, 0) is 11.2 Å². The molecule has 0 unspecified atom stereocenters. The smallest absolute Gasteiger partial charge is 0.234 e. The lowest BCUT2D eigenvalue weighted by Crippen LogP contribution is -2.48. The van der Waals surface area contributed by atoms with Gasteiger partial charge in [0.1, 0.15) is 10.9 Å². The number of amides is 1. The van der Waals surface area contributed by atoms with Crippen LogP contribution in [0.25, 0.3) is 0 Å². The summed E-state index contributed by atoms with van der Waals surface area (Å²) in [6.07, 6.45) is 1.57. The van der Waals surface area contributed by atoms with Crippen LogP contribution in [0, 0.1) is 11.3 Å². The fourth-order valence-electron chi connectivity index (χ4n) is 2.91. The van der Waals surface area contributed by atoms with Crippen molar-refractivity contribution in [3.8, 4) is 6.07 Å². The van der Waals surface area contributed by atoms with Crippen molar-refractivity contribution < 1.29 is 4.79 Å². The van der Waals surface area contributed by atoms with Crippen LogP contribution in [0.3, 0.4) is 0 Å². The standard InChI is InChI=1S/C16H18N4OS2/c17-9-15-14(4-7-23-15)20-5-3-11(10-20)19-13(16(18)21)8-12-2-1-6-22-12/h1-2,4,6-7,11,13,19H,3,5,8,10H2,(H2,18,21)/t11-,13-/m0/s1. The van der Waals surface area contributed by atoms with E-state index in [0.29, 0.717) is 6.42 Å². The van der Waals surface area contributed by atoms with E-state index in [9.17, 15) is 4.79 Å². The van der Waals surface area contributed by atoms with Crippen molar-refractivity contribution in [3.05, 3.63) is 38.7 Å². The number of nitrogens with two attached hydrogens (primary N) is 1. The lowest BCUT2D eigenvalue weighted by Gasteiger charge is -2.21. The first kappa shape index (κ1) is 16.0. The Labute approximate surface area is 143 Å². The van der Waals surface area contributed by atoms with E-state index in [2.05, 4.69) is 16.3 Å². The molecular weight excluding hydrogens is 328 g/mol. The highest BCUT2D eigenvalue weighted by Crippen LogP contribution is 2.28. The number of nitriles is 1. The minimum atomic E-state index is -0.350. The number of primary amides is 1. The third kappa shape index (κ3) is 3.72. The van der Waals surface area contributed by atoms with Crippen molar-refractivity contribution in [1.29, 1.82) is 5.26 Å². The highest BCUT2D eigenvalue weighted by atomic mass is 32.1. The van der Waals surface area contributed by atoms with Crippen molar-refractivity contribution in [2.75, 3.05) is 18.0 Å². The van der Waals surface area contributed by atoms with Crippen molar-refractivity contribution >= 4 is 34.3 Å². The maximum Gasteiger partial charge on any atom is 0.234 e. The molecule has 1 aliphatic rings. The molecule has 5 nitrogen and oxygen atoms in total. The molecule has 23 heavy (non-hydrogen) atoms. The Hall–Kier alpha value is -1.88. The number of carbonyl (C=O) groups excluding carboxylic acids is 1. The molecule has 0 aromatic carbocycles. The molecule has 7 heteroatoms. The predicted octanol–water partition coefficient (Wildman–Crippen LogP) is 1.95. The minimum Gasteiger partial charge on any atom is -0.368 e. The number of anilines is 1. The van der Waals surface area contributed by atoms with Crippen molar-refractivity contribution in [2.24, 2.45) is 5.73 Å². The van der Waals surface area contributed by atoms with Gasteiger partial charge < -0.3 is 16.0 Å². The van der Waals surface area contributed by atoms with Gasteiger partial charge >= 0.3 is 0 Å². The fourth-order valence-corrected chi connectivity index (χ4v) is 4.36. The molecule has 0 spiro atoms. The van der Waals surface area contributed by atoms with Gasteiger partial charge in [0.2, 0.25) is 5.91 Å². The molecule has 3 heterocycles. The molecule has 1 aliphatic heterocycles. The van der Waals surface area contributed by atoms with E-state index in [0.717, 1.165) is 35.0 Å². The maximum absolute atomic E-state index is 11.7. The summed E-state index contributed by atoms with van der Waals surface area (Å²) in [5, 5.41) is 16.5. The third-order valence-corrected chi connectivity index (χ3v) is 5.75. The molecule has 3 N–H and O–H groups in total. The van der Waals surface area contributed by atoms with Crippen LogP contribution in [-0.4, -0.2) is 31.1 Å². The Bertz CT molecular complexity index is 704. The number of nitrogens with zero attached hydrogens (tertiary/aromatic N) is 2. The van der Waals surface area contributed by atoms with Crippen LogP contribution in [0.1, 0.15) is 16.2 Å². The van der Waals surface area contributed by atoms with E-state index < -0.39 is 0 Å². The first-order valence-corrected chi connectivity index (χ1v) is 9.23. The van der Waals surface area contributed by atoms with E-state index in [1.807, 2.05) is 29.0 Å². The third-order valence-electron chi connectivity index (χ3n) is 4.04. The average Bonchev–Trinajstić information content (AvgIpc) is 3.27. The largest absolute Gasteiger partial charge is 0.368 e. The summed E-state index contributed by atoms with van der Waals surface area (Å²) < 4.78 is 0. The Morgan fingerprint density at radius 3 is 3.04 bits per heavy atom. The van der Waals surface area contributed by atoms with Crippen LogP contribution in [0.15, 0.2) is 29.0 Å². The van der Waals surface area contributed by atoms with Gasteiger partial charge in [0.05, 0.1) is 11.7 Å². The molecule has 0 aliphatic carbocycles. The molecule has 0 bridgehead atoms. The van der Waals surface area contributed by atoms with Crippen LogP contribution in [0.2, 0.25) is 0 Å². The minimum absolute atomic E-state index is 0.207. The highest BCUT2D eigenvalue weighted by Gasteiger charge is 2.28. The number of hydrogen-bond acceptors (Lipinski definition) is 6. The topological polar surface area (TPSA) is 82.2 Å². The zero-order valence-corrected chi connectivity index (χ0v) is 14.2. The quantitative estimate of drug-likeness (QED) is 0.837. The number of carbonyl (C=O) groups is 1. The Balaban J connectivity index is 1.62. The molecular formula is C16H18N4OS2. The van der Waals surface area contributed by atoms with Crippen LogP contribution < -0.4 is 16.0 Å². The van der Waals surface area contributed by atoms with E-state index in [1.165, 1.54) is 11.3 Å². The van der Waals surface area contributed by atoms with Gasteiger partial charge in [0.25, 0.3) is 0 Å². The molecule has 2 aromatic rings. The second kappa shape index (κ2) is 7.13. The summed E-state index contributed by atoms with van der Waals surface area (Å²) >= 11 is 3.10. The summed E-state index contributed by atoms with van der Waals surface area (Å²) in [6, 6.07) is 8.09. The summed E-state index contributed by atoms with van der Waals surface area (Å²) in [7, 11) is 0. The van der Waals surface area contributed by atoms with Gasteiger partial charge in [-0.1, -0.05) is 6.07 Å². The Morgan fingerprint density at radius 2 is 2.35 bits per heavy atom. The van der Waals surface area contributed by atoms with E-state index in [1.54, 1.807) is 11.3 Å². The van der Waals surface area contributed by atoms with Gasteiger partial charge in [-0.2, -0.15) is 5.26 Å². The lowest BCUT2D eigenvalue weighted by molar-refractivity contribution is -0.120. The Morgan fingerprint density at radius 1 is 1.48 bits per heavy atom. The maximum atomic E-state index is 11.7. The van der Waals surface area contributed by atoms with E-state index in [4.69, 9.17) is 11.0 Å². The Kier molecular flexibility index (Phi) is 4.96. The van der Waals surface area contributed by atoms with Gasteiger partial charge in [0, 0.05) is 30.4 Å². The molecule has 1 amide bonds.